The van der Waals surface area contributed by atoms with Crippen LogP contribution in [0.3, 0.4) is 0 Å². The van der Waals surface area contributed by atoms with Gasteiger partial charge in [-0.3, -0.25) is 4.79 Å². The summed E-state index contributed by atoms with van der Waals surface area (Å²) in [6.45, 7) is 5.98. The van der Waals surface area contributed by atoms with Gasteiger partial charge < -0.3 is 15.5 Å². The molecule has 0 aliphatic rings. The summed E-state index contributed by atoms with van der Waals surface area (Å²) < 4.78 is 1.10. The van der Waals surface area contributed by atoms with E-state index in [4.69, 9.17) is 16.7 Å². The number of aliphatic hydroxyl groups is 2. The Bertz CT molecular complexity index is 500. The Kier molecular flexibility index (Phi) is 5.98. The molecule has 0 aromatic carbocycles. The van der Waals surface area contributed by atoms with Crippen LogP contribution in [0.5, 0.6) is 0 Å². The van der Waals surface area contributed by atoms with Crippen molar-refractivity contribution >= 4 is 17.3 Å². The Morgan fingerprint density at radius 1 is 1.55 bits per heavy atom. The first-order valence-corrected chi connectivity index (χ1v) is 6.97. The normalized spacial score (nSPS) is 14.3. The van der Waals surface area contributed by atoms with Crippen LogP contribution in [0.4, 0.5) is 5.69 Å². The third-order valence-electron chi connectivity index (χ3n) is 2.80. The molecule has 0 radical (unpaired) electrons. The maximum absolute atomic E-state index is 11.8. The fraction of sp³-hybridized carbons (Fsp3) is 0.692. The fourth-order valence-electron chi connectivity index (χ4n) is 2.08. The molecule has 0 aliphatic carbocycles. The van der Waals surface area contributed by atoms with Crippen LogP contribution in [0.1, 0.15) is 27.2 Å². The summed E-state index contributed by atoms with van der Waals surface area (Å²) in [7, 11) is 0. The lowest BCUT2D eigenvalue weighted by Gasteiger charge is -2.26. The fourth-order valence-corrected chi connectivity index (χ4v) is 2.29. The molecule has 6 nitrogen and oxygen atoms in total. The molecule has 1 unspecified atom stereocenters. The molecule has 3 N–H and O–H groups in total. The molecule has 114 valence electrons. The number of aromatic nitrogens is 2. The van der Waals surface area contributed by atoms with Crippen molar-refractivity contribution < 1.29 is 10.2 Å². The van der Waals surface area contributed by atoms with E-state index in [1.165, 1.54) is 6.20 Å². The van der Waals surface area contributed by atoms with Crippen LogP contribution in [0.2, 0.25) is 5.02 Å². The summed E-state index contributed by atoms with van der Waals surface area (Å²) in [5.74, 6) is 0.359. The molecule has 0 spiro atoms. The van der Waals surface area contributed by atoms with Gasteiger partial charge in [0.05, 0.1) is 30.6 Å². The first-order chi connectivity index (χ1) is 9.26. The molecule has 1 aromatic heterocycles. The number of rotatable bonds is 7. The number of nitrogens with zero attached hydrogens (tertiary/aromatic N) is 2. The molecular formula is C13H22ClN3O3. The minimum Gasteiger partial charge on any atom is -0.394 e. The number of nitrogens with one attached hydrogen (secondary N) is 1. The predicted molar refractivity (Wildman–Crippen MR) is 79.2 cm³/mol. The molecule has 0 saturated carbocycles. The molecule has 7 heteroatoms. The molecule has 1 heterocycles. The van der Waals surface area contributed by atoms with Gasteiger partial charge in [-0.2, -0.15) is 5.10 Å². The monoisotopic (exact) mass is 303 g/mol. The SMILES string of the molecule is CC(C)CC(C)(O)CNc1cnn(CCO)c(=O)c1Cl. The van der Waals surface area contributed by atoms with Crippen LogP contribution in [0.15, 0.2) is 11.0 Å². The van der Waals surface area contributed by atoms with Crippen LogP contribution >= 0.6 is 11.6 Å². The van der Waals surface area contributed by atoms with Crippen LogP contribution < -0.4 is 10.9 Å². The Morgan fingerprint density at radius 2 is 2.20 bits per heavy atom. The third-order valence-corrected chi connectivity index (χ3v) is 3.17. The number of hydrogen-bond acceptors (Lipinski definition) is 5. The first kappa shape index (κ1) is 16.9. The summed E-state index contributed by atoms with van der Waals surface area (Å²) in [4.78, 5) is 11.8. The molecule has 0 saturated heterocycles. The number of anilines is 1. The van der Waals surface area contributed by atoms with E-state index < -0.39 is 11.2 Å². The second-order valence-corrected chi connectivity index (χ2v) is 5.95. The first-order valence-electron chi connectivity index (χ1n) is 6.59. The smallest absolute Gasteiger partial charge is 0.287 e. The van der Waals surface area contributed by atoms with Crippen LogP contribution in [-0.2, 0) is 6.54 Å². The number of hydrogen-bond donors (Lipinski definition) is 3. The second kappa shape index (κ2) is 7.06. The third kappa shape index (κ3) is 4.77. The Morgan fingerprint density at radius 3 is 2.75 bits per heavy atom. The average Bonchev–Trinajstić information content (AvgIpc) is 2.33. The molecule has 0 bridgehead atoms. The zero-order valence-corrected chi connectivity index (χ0v) is 12.8. The largest absolute Gasteiger partial charge is 0.394 e. The van der Waals surface area contributed by atoms with Gasteiger partial charge in [-0.05, 0) is 19.3 Å². The number of aliphatic hydroxyl groups excluding tert-OH is 1. The van der Waals surface area contributed by atoms with Gasteiger partial charge in [-0.15, -0.1) is 0 Å². The van der Waals surface area contributed by atoms with Crippen LogP contribution in [0, 0.1) is 5.92 Å². The van der Waals surface area contributed by atoms with Gasteiger partial charge in [0.2, 0.25) is 0 Å². The Balaban J connectivity index is 2.79. The van der Waals surface area contributed by atoms with Crippen molar-refractivity contribution in [2.75, 3.05) is 18.5 Å². The van der Waals surface area contributed by atoms with Crippen molar-refractivity contribution in [3.63, 3.8) is 0 Å². The van der Waals surface area contributed by atoms with E-state index in [0.717, 1.165) is 4.68 Å². The molecule has 0 aliphatic heterocycles. The van der Waals surface area contributed by atoms with Gasteiger partial charge >= 0.3 is 0 Å². The van der Waals surface area contributed by atoms with Gasteiger partial charge in [0.1, 0.15) is 5.02 Å². The lowest BCUT2D eigenvalue weighted by Crippen LogP contribution is -2.35. The highest BCUT2D eigenvalue weighted by Gasteiger charge is 2.22. The highest BCUT2D eigenvalue weighted by Crippen LogP contribution is 2.20. The van der Waals surface area contributed by atoms with Crippen LogP contribution in [0.25, 0.3) is 0 Å². The van der Waals surface area contributed by atoms with Crippen molar-refractivity contribution in [1.29, 1.82) is 0 Å². The standard InChI is InChI=1S/C13H22ClN3O3/c1-9(2)6-13(3,20)8-15-10-7-16-17(4-5-18)12(19)11(10)14/h7,9,15,18,20H,4-6,8H2,1-3H3. The van der Waals surface area contributed by atoms with E-state index in [1.54, 1.807) is 6.92 Å². The summed E-state index contributed by atoms with van der Waals surface area (Å²) in [6, 6.07) is 0. The van der Waals surface area contributed by atoms with E-state index in [-0.39, 0.29) is 24.7 Å². The average molecular weight is 304 g/mol. The lowest BCUT2D eigenvalue weighted by molar-refractivity contribution is 0.0515. The molecule has 20 heavy (non-hydrogen) atoms. The maximum Gasteiger partial charge on any atom is 0.287 e. The zero-order chi connectivity index (χ0) is 15.3. The zero-order valence-electron chi connectivity index (χ0n) is 12.1. The van der Waals surface area contributed by atoms with Crippen molar-refractivity contribution in [3.8, 4) is 0 Å². The van der Waals surface area contributed by atoms with Crippen molar-refractivity contribution in [2.45, 2.75) is 39.3 Å². The molecule has 1 rings (SSSR count). The van der Waals surface area contributed by atoms with Gasteiger partial charge in [-0.25, -0.2) is 4.68 Å². The Labute approximate surface area is 123 Å². The van der Waals surface area contributed by atoms with E-state index in [1.807, 2.05) is 13.8 Å². The second-order valence-electron chi connectivity index (χ2n) is 5.57. The van der Waals surface area contributed by atoms with Gasteiger partial charge in [0.15, 0.2) is 0 Å². The van der Waals surface area contributed by atoms with Crippen LogP contribution in [-0.4, -0.2) is 38.7 Å². The lowest BCUT2D eigenvalue weighted by atomic mass is 9.94. The minimum absolute atomic E-state index is 0.00815. The predicted octanol–water partition coefficient (Wildman–Crippen LogP) is 1.10. The highest BCUT2D eigenvalue weighted by molar-refractivity contribution is 6.32. The number of halogens is 1. The molecule has 0 fully saturated rings. The topological polar surface area (TPSA) is 87.4 Å². The summed E-state index contributed by atoms with van der Waals surface area (Å²) in [6.07, 6.45) is 2.05. The molecule has 0 amide bonds. The summed E-state index contributed by atoms with van der Waals surface area (Å²) in [5, 5.41) is 25.9. The molecular weight excluding hydrogens is 282 g/mol. The van der Waals surface area contributed by atoms with Crippen molar-refractivity contribution in [3.05, 3.63) is 21.6 Å². The molecule has 1 aromatic rings. The van der Waals surface area contributed by atoms with E-state index in [2.05, 4.69) is 10.4 Å². The van der Waals surface area contributed by atoms with Crippen molar-refractivity contribution in [2.24, 2.45) is 5.92 Å². The molecule has 1 atom stereocenters. The quantitative estimate of drug-likeness (QED) is 0.702. The van der Waals surface area contributed by atoms with E-state index in [9.17, 15) is 9.90 Å². The van der Waals surface area contributed by atoms with Gasteiger partial charge in [-0.1, -0.05) is 25.4 Å². The van der Waals surface area contributed by atoms with Gasteiger partial charge in [0, 0.05) is 6.54 Å². The maximum atomic E-state index is 11.8. The van der Waals surface area contributed by atoms with Gasteiger partial charge in [0.25, 0.3) is 5.56 Å². The summed E-state index contributed by atoms with van der Waals surface area (Å²) >= 11 is 5.97. The van der Waals surface area contributed by atoms with E-state index >= 15 is 0 Å². The highest BCUT2D eigenvalue weighted by atomic mass is 35.5. The summed E-state index contributed by atoms with van der Waals surface area (Å²) in [5.41, 5.74) is -0.971. The van der Waals surface area contributed by atoms with Crippen molar-refractivity contribution in [1.82, 2.24) is 9.78 Å². The Hall–Kier alpha value is -1.11. The minimum atomic E-state index is -0.891. The van der Waals surface area contributed by atoms with E-state index in [0.29, 0.717) is 18.0 Å².